The molecule has 0 bridgehead atoms. The van der Waals surface area contributed by atoms with Crippen molar-refractivity contribution < 1.29 is 4.74 Å². The molecule has 16 heavy (non-hydrogen) atoms. The Bertz CT molecular complexity index is 319. The maximum Gasteiger partial charge on any atom is 0.119 e. The second-order valence-corrected chi connectivity index (χ2v) is 4.17. The number of ether oxygens (including phenoxy) is 1. The Morgan fingerprint density at radius 2 is 1.94 bits per heavy atom. The van der Waals surface area contributed by atoms with Crippen LogP contribution in [0.3, 0.4) is 0 Å². The van der Waals surface area contributed by atoms with Crippen molar-refractivity contribution in [1.82, 2.24) is 4.90 Å². The molecule has 88 valence electrons. The molecular weight excluding hydrogens is 218 g/mol. The fourth-order valence-electron chi connectivity index (χ4n) is 1.21. The molecule has 0 aromatic heterocycles. The van der Waals surface area contributed by atoms with E-state index in [0.29, 0.717) is 0 Å². The normalized spacial score (nSPS) is 11.2. The standard InChI is InChI=1S/C13H19NOS/c1-14(2)9-10-15-13-7-5-12(6-8-13)4-3-11-16/h3-8,16H,9-11H2,1-2H3. The fraction of sp³-hybridized carbons (Fsp3) is 0.385. The lowest BCUT2D eigenvalue weighted by Crippen LogP contribution is -2.19. The zero-order chi connectivity index (χ0) is 11.8. The first-order valence-electron chi connectivity index (χ1n) is 5.37. The van der Waals surface area contributed by atoms with E-state index in [4.69, 9.17) is 4.74 Å². The average Bonchev–Trinajstić information content (AvgIpc) is 2.27. The lowest BCUT2D eigenvalue weighted by atomic mass is 10.2. The average molecular weight is 237 g/mol. The molecule has 0 aliphatic carbocycles. The summed E-state index contributed by atoms with van der Waals surface area (Å²) in [6, 6.07) is 8.08. The van der Waals surface area contributed by atoms with Gasteiger partial charge in [0.15, 0.2) is 0 Å². The highest BCUT2D eigenvalue weighted by Gasteiger charge is 1.94. The van der Waals surface area contributed by atoms with Gasteiger partial charge in [-0.15, -0.1) is 0 Å². The van der Waals surface area contributed by atoms with Gasteiger partial charge >= 0.3 is 0 Å². The first-order chi connectivity index (χ1) is 7.72. The molecule has 0 N–H and O–H groups in total. The molecular formula is C13H19NOS. The van der Waals surface area contributed by atoms with E-state index in [9.17, 15) is 0 Å². The highest BCUT2D eigenvalue weighted by molar-refractivity contribution is 7.80. The van der Waals surface area contributed by atoms with Crippen molar-refractivity contribution in [3.8, 4) is 5.75 Å². The van der Waals surface area contributed by atoms with Crippen LogP contribution in [-0.4, -0.2) is 37.9 Å². The number of hydrogen-bond acceptors (Lipinski definition) is 3. The van der Waals surface area contributed by atoms with Crippen LogP contribution in [0.2, 0.25) is 0 Å². The lowest BCUT2D eigenvalue weighted by Gasteiger charge is -2.10. The van der Waals surface area contributed by atoms with Crippen LogP contribution in [0, 0.1) is 0 Å². The molecule has 0 heterocycles. The van der Waals surface area contributed by atoms with Crippen molar-refractivity contribution in [2.75, 3.05) is 33.0 Å². The van der Waals surface area contributed by atoms with Crippen LogP contribution in [-0.2, 0) is 0 Å². The second kappa shape index (κ2) is 7.36. The minimum Gasteiger partial charge on any atom is -0.492 e. The van der Waals surface area contributed by atoms with E-state index in [1.54, 1.807) is 0 Å². The predicted octanol–water partition coefficient (Wildman–Crippen LogP) is 2.57. The van der Waals surface area contributed by atoms with Gasteiger partial charge in [-0.05, 0) is 31.8 Å². The van der Waals surface area contributed by atoms with E-state index in [-0.39, 0.29) is 0 Å². The summed E-state index contributed by atoms with van der Waals surface area (Å²) < 4.78 is 5.60. The van der Waals surface area contributed by atoms with Crippen LogP contribution < -0.4 is 4.74 Å². The molecule has 1 aromatic carbocycles. The molecule has 0 aliphatic heterocycles. The lowest BCUT2D eigenvalue weighted by molar-refractivity contribution is 0.261. The monoisotopic (exact) mass is 237 g/mol. The van der Waals surface area contributed by atoms with Crippen molar-refractivity contribution in [3.63, 3.8) is 0 Å². The van der Waals surface area contributed by atoms with Gasteiger partial charge in [0.2, 0.25) is 0 Å². The van der Waals surface area contributed by atoms with Gasteiger partial charge in [0.1, 0.15) is 12.4 Å². The number of nitrogens with zero attached hydrogens (tertiary/aromatic N) is 1. The summed E-state index contributed by atoms with van der Waals surface area (Å²) in [5.41, 5.74) is 1.18. The Morgan fingerprint density at radius 3 is 2.50 bits per heavy atom. The van der Waals surface area contributed by atoms with Crippen LogP contribution in [0.1, 0.15) is 5.56 Å². The predicted molar refractivity (Wildman–Crippen MR) is 73.4 cm³/mol. The maximum absolute atomic E-state index is 5.60. The molecule has 0 fully saturated rings. The molecule has 1 rings (SSSR count). The molecule has 0 saturated carbocycles. The van der Waals surface area contributed by atoms with E-state index >= 15 is 0 Å². The molecule has 3 heteroatoms. The molecule has 1 aromatic rings. The van der Waals surface area contributed by atoms with Crippen LogP contribution >= 0.6 is 12.6 Å². The van der Waals surface area contributed by atoms with Crippen molar-refractivity contribution in [2.24, 2.45) is 0 Å². The first-order valence-corrected chi connectivity index (χ1v) is 6.00. The third-order valence-electron chi connectivity index (χ3n) is 2.10. The number of benzene rings is 1. The van der Waals surface area contributed by atoms with Gasteiger partial charge < -0.3 is 9.64 Å². The molecule has 0 amide bonds. The van der Waals surface area contributed by atoms with Crippen LogP contribution in [0.4, 0.5) is 0 Å². The third kappa shape index (κ3) is 5.24. The Hall–Kier alpha value is -0.930. The highest BCUT2D eigenvalue weighted by Crippen LogP contribution is 2.13. The quantitative estimate of drug-likeness (QED) is 0.763. The minimum absolute atomic E-state index is 0.721. The van der Waals surface area contributed by atoms with E-state index in [1.165, 1.54) is 5.56 Å². The van der Waals surface area contributed by atoms with Crippen molar-refractivity contribution >= 4 is 18.7 Å². The largest absolute Gasteiger partial charge is 0.492 e. The van der Waals surface area contributed by atoms with Crippen LogP contribution in [0.5, 0.6) is 5.75 Å². The van der Waals surface area contributed by atoms with E-state index in [1.807, 2.05) is 44.4 Å². The molecule has 0 spiro atoms. The number of likely N-dealkylation sites (N-methyl/N-ethyl adjacent to an activating group) is 1. The van der Waals surface area contributed by atoms with Gasteiger partial charge in [0.25, 0.3) is 0 Å². The Labute approximate surface area is 103 Å². The summed E-state index contributed by atoms with van der Waals surface area (Å²) in [6.45, 7) is 1.65. The number of hydrogen-bond donors (Lipinski definition) is 1. The molecule has 0 aliphatic rings. The summed E-state index contributed by atoms with van der Waals surface area (Å²) in [5, 5.41) is 0. The van der Waals surface area contributed by atoms with Gasteiger partial charge in [-0.3, -0.25) is 0 Å². The van der Waals surface area contributed by atoms with Crippen molar-refractivity contribution in [3.05, 3.63) is 35.9 Å². The zero-order valence-corrected chi connectivity index (χ0v) is 10.8. The van der Waals surface area contributed by atoms with E-state index in [0.717, 1.165) is 24.7 Å². The third-order valence-corrected chi connectivity index (χ3v) is 2.31. The topological polar surface area (TPSA) is 12.5 Å². The smallest absolute Gasteiger partial charge is 0.119 e. The SMILES string of the molecule is CN(C)CCOc1ccc(C=CCS)cc1. The van der Waals surface area contributed by atoms with Gasteiger partial charge in [-0.25, -0.2) is 0 Å². The Balaban J connectivity index is 2.42. The fourth-order valence-corrected chi connectivity index (χ4v) is 1.32. The maximum atomic E-state index is 5.60. The summed E-state index contributed by atoms with van der Waals surface area (Å²) >= 11 is 4.12. The number of rotatable bonds is 6. The van der Waals surface area contributed by atoms with Gasteiger partial charge in [0.05, 0.1) is 0 Å². The van der Waals surface area contributed by atoms with Crippen LogP contribution in [0.25, 0.3) is 6.08 Å². The zero-order valence-electron chi connectivity index (χ0n) is 9.89. The summed E-state index contributed by atoms with van der Waals surface area (Å²) in [4.78, 5) is 2.10. The minimum atomic E-state index is 0.721. The van der Waals surface area contributed by atoms with E-state index in [2.05, 4.69) is 23.6 Å². The van der Waals surface area contributed by atoms with E-state index < -0.39 is 0 Å². The molecule has 0 unspecified atom stereocenters. The summed E-state index contributed by atoms with van der Waals surface area (Å²) in [5.74, 6) is 1.69. The van der Waals surface area contributed by atoms with Crippen LogP contribution in [0.15, 0.2) is 30.3 Å². The summed E-state index contributed by atoms with van der Waals surface area (Å²) in [7, 11) is 4.07. The van der Waals surface area contributed by atoms with Crippen molar-refractivity contribution in [2.45, 2.75) is 0 Å². The van der Waals surface area contributed by atoms with Gasteiger partial charge in [-0.1, -0.05) is 24.3 Å². The molecule has 2 nitrogen and oxygen atoms in total. The molecule has 0 radical (unpaired) electrons. The Morgan fingerprint density at radius 1 is 1.25 bits per heavy atom. The van der Waals surface area contributed by atoms with Gasteiger partial charge in [0, 0.05) is 12.3 Å². The highest BCUT2D eigenvalue weighted by atomic mass is 32.1. The summed E-state index contributed by atoms with van der Waals surface area (Å²) in [6.07, 6.45) is 4.07. The molecule has 0 saturated heterocycles. The Kier molecular flexibility index (Phi) is 6.04. The molecule has 0 atom stereocenters. The number of thiol groups is 1. The first kappa shape index (κ1) is 13.1. The van der Waals surface area contributed by atoms with Gasteiger partial charge in [-0.2, -0.15) is 12.6 Å². The second-order valence-electron chi connectivity index (χ2n) is 3.81. The van der Waals surface area contributed by atoms with Crippen molar-refractivity contribution in [1.29, 1.82) is 0 Å².